The molecule has 2 aromatic rings. The lowest BCUT2D eigenvalue weighted by Gasteiger charge is -2.05. The predicted molar refractivity (Wildman–Crippen MR) is 64.1 cm³/mol. The number of carbonyl (C=O) groups excluding carboxylic acids is 1. The van der Waals surface area contributed by atoms with Crippen LogP contribution in [0.5, 0.6) is 0 Å². The van der Waals surface area contributed by atoms with Crippen molar-refractivity contribution in [3.63, 3.8) is 0 Å². The van der Waals surface area contributed by atoms with Gasteiger partial charge in [0.1, 0.15) is 5.82 Å². The molecule has 3 N–H and O–H groups in total. The molecule has 0 spiro atoms. The van der Waals surface area contributed by atoms with E-state index in [0.29, 0.717) is 12.1 Å². The van der Waals surface area contributed by atoms with Gasteiger partial charge in [0.15, 0.2) is 0 Å². The van der Waals surface area contributed by atoms with E-state index < -0.39 is 0 Å². The number of carbonyl (C=O) groups is 1. The lowest BCUT2D eigenvalue weighted by Crippen LogP contribution is -2.24. The molecule has 0 radical (unpaired) electrons. The minimum absolute atomic E-state index is 0.228. The largest absolute Gasteiger partial charge is 0.383 e. The molecule has 0 saturated carbocycles. The first-order chi connectivity index (χ1) is 8.27. The van der Waals surface area contributed by atoms with E-state index in [4.69, 9.17) is 5.73 Å². The van der Waals surface area contributed by atoms with Gasteiger partial charge in [-0.05, 0) is 24.3 Å². The van der Waals surface area contributed by atoms with Gasteiger partial charge in [0, 0.05) is 12.4 Å². The highest BCUT2D eigenvalue weighted by Gasteiger charge is 2.09. The van der Waals surface area contributed by atoms with Crippen LogP contribution in [0.1, 0.15) is 16.1 Å². The summed E-state index contributed by atoms with van der Waals surface area (Å²) in [5.41, 5.74) is 6.78. The normalized spacial score (nSPS) is 9.88. The summed E-state index contributed by atoms with van der Waals surface area (Å²) >= 11 is 0. The average molecular weight is 228 g/mol. The number of nitrogen functional groups attached to an aromatic ring is 1. The molecular weight excluding hydrogens is 216 g/mol. The van der Waals surface area contributed by atoms with Crippen LogP contribution in [0.25, 0.3) is 0 Å². The molecule has 0 saturated heterocycles. The van der Waals surface area contributed by atoms with E-state index in [9.17, 15) is 4.79 Å². The molecule has 0 atom stereocenters. The Morgan fingerprint density at radius 3 is 2.71 bits per heavy atom. The summed E-state index contributed by atoms with van der Waals surface area (Å²) in [4.78, 5) is 19.7. The molecule has 5 nitrogen and oxygen atoms in total. The van der Waals surface area contributed by atoms with Crippen molar-refractivity contribution in [3.05, 3.63) is 54.0 Å². The quantitative estimate of drug-likeness (QED) is 0.820. The Balaban J connectivity index is 2.01. The Hall–Kier alpha value is -2.43. The molecule has 2 rings (SSSR count). The summed E-state index contributed by atoms with van der Waals surface area (Å²) in [6, 6.07) is 8.84. The van der Waals surface area contributed by atoms with Crippen molar-refractivity contribution < 1.29 is 4.79 Å². The van der Waals surface area contributed by atoms with Gasteiger partial charge in [-0.15, -0.1) is 0 Å². The zero-order valence-electron chi connectivity index (χ0n) is 9.13. The number of hydrogen-bond donors (Lipinski definition) is 2. The minimum Gasteiger partial charge on any atom is -0.383 e. The van der Waals surface area contributed by atoms with Gasteiger partial charge in [0.05, 0.1) is 17.8 Å². The Labute approximate surface area is 98.7 Å². The summed E-state index contributed by atoms with van der Waals surface area (Å²) in [7, 11) is 0. The molecule has 17 heavy (non-hydrogen) atoms. The van der Waals surface area contributed by atoms with Crippen LogP contribution in [0.4, 0.5) is 5.82 Å². The zero-order chi connectivity index (χ0) is 12.1. The fourth-order valence-electron chi connectivity index (χ4n) is 1.38. The number of amides is 1. The fraction of sp³-hybridized carbons (Fsp3) is 0.0833. The zero-order valence-corrected chi connectivity index (χ0v) is 9.13. The number of rotatable bonds is 3. The number of nitrogens with one attached hydrogen (secondary N) is 1. The number of aromatic nitrogens is 2. The monoisotopic (exact) mass is 228 g/mol. The molecule has 0 fully saturated rings. The van der Waals surface area contributed by atoms with Gasteiger partial charge >= 0.3 is 0 Å². The second-order valence-corrected chi connectivity index (χ2v) is 3.44. The Morgan fingerprint density at radius 1 is 1.18 bits per heavy atom. The SMILES string of the molecule is Nc1ncccc1C(=O)NCc1ccccn1. The summed E-state index contributed by atoms with van der Waals surface area (Å²) in [6.07, 6.45) is 3.23. The second-order valence-electron chi connectivity index (χ2n) is 3.44. The highest BCUT2D eigenvalue weighted by atomic mass is 16.1. The molecule has 0 aliphatic carbocycles. The average Bonchev–Trinajstić information content (AvgIpc) is 2.38. The summed E-state index contributed by atoms with van der Waals surface area (Å²) < 4.78 is 0. The highest BCUT2D eigenvalue weighted by Crippen LogP contribution is 2.06. The number of pyridine rings is 2. The van der Waals surface area contributed by atoms with Crippen LogP contribution in [0, 0.1) is 0 Å². The van der Waals surface area contributed by atoms with Crippen LogP contribution in [0.15, 0.2) is 42.7 Å². The van der Waals surface area contributed by atoms with Crippen molar-refractivity contribution in [2.75, 3.05) is 5.73 Å². The maximum atomic E-state index is 11.8. The first-order valence-electron chi connectivity index (χ1n) is 5.16. The van der Waals surface area contributed by atoms with Gasteiger partial charge in [-0.25, -0.2) is 4.98 Å². The van der Waals surface area contributed by atoms with Crippen molar-refractivity contribution in [3.8, 4) is 0 Å². The van der Waals surface area contributed by atoms with Gasteiger partial charge in [-0.3, -0.25) is 9.78 Å². The second kappa shape index (κ2) is 5.07. The number of nitrogens with two attached hydrogens (primary N) is 1. The summed E-state index contributed by atoms with van der Waals surface area (Å²) in [6.45, 7) is 0.369. The van der Waals surface area contributed by atoms with Crippen molar-refractivity contribution in [1.82, 2.24) is 15.3 Å². The highest BCUT2D eigenvalue weighted by molar-refractivity contribution is 5.98. The maximum absolute atomic E-state index is 11.8. The lowest BCUT2D eigenvalue weighted by molar-refractivity contribution is 0.0951. The maximum Gasteiger partial charge on any atom is 0.255 e. The summed E-state index contributed by atoms with van der Waals surface area (Å²) in [5, 5.41) is 2.73. The molecule has 86 valence electrons. The smallest absolute Gasteiger partial charge is 0.255 e. The number of nitrogens with zero attached hydrogens (tertiary/aromatic N) is 2. The minimum atomic E-state index is -0.249. The Morgan fingerprint density at radius 2 is 2.00 bits per heavy atom. The topological polar surface area (TPSA) is 80.9 Å². The van der Waals surface area contributed by atoms with E-state index in [1.165, 1.54) is 0 Å². The van der Waals surface area contributed by atoms with Crippen LogP contribution < -0.4 is 11.1 Å². The van der Waals surface area contributed by atoms with Gasteiger partial charge in [-0.2, -0.15) is 0 Å². The number of hydrogen-bond acceptors (Lipinski definition) is 4. The van der Waals surface area contributed by atoms with Crippen LogP contribution in [0.3, 0.4) is 0 Å². The molecule has 2 heterocycles. The third kappa shape index (κ3) is 2.78. The van der Waals surface area contributed by atoms with Gasteiger partial charge in [0.25, 0.3) is 5.91 Å². The molecule has 0 aliphatic heterocycles. The molecule has 0 aliphatic rings. The van der Waals surface area contributed by atoms with E-state index in [1.807, 2.05) is 18.2 Å². The van der Waals surface area contributed by atoms with Crippen molar-refractivity contribution in [2.45, 2.75) is 6.54 Å². The lowest BCUT2D eigenvalue weighted by atomic mass is 10.2. The number of anilines is 1. The molecule has 2 aromatic heterocycles. The van der Waals surface area contributed by atoms with Crippen molar-refractivity contribution in [1.29, 1.82) is 0 Å². The molecule has 0 bridgehead atoms. The molecule has 5 heteroatoms. The van der Waals surface area contributed by atoms with E-state index >= 15 is 0 Å². The van der Waals surface area contributed by atoms with E-state index in [0.717, 1.165) is 5.69 Å². The Kier molecular flexibility index (Phi) is 3.30. The van der Waals surface area contributed by atoms with Gasteiger partial charge in [0.2, 0.25) is 0 Å². The van der Waals surface area contributed by atoms with Crippen LogP contribution >= 0.6 is 0 Å². The fourth-order valence-corrected chi connectivity index (χ4v) is 1.38. The van der Waals surface area contributed by atoms with E-state index in [-0.39, 0.29) is 11.7 Å². The Bertz CT molecular complexity index is 513. The molecule has 0 unspecified atom stereocenters. The van der Waals surface area contributed by atoms with Gasteiger partial charge < -0.3 is 11.1 Å². The van der Waals surface area contributed by atoms with E-state index in [2.05, 4.69) is 15.3 Å². The van der Waals surface area contributed by atoms with Crippen LogP contribution in [0.2, 0.25) is 0 Å². The first kappa shape index (κ1) is 11.1. The third-order valence-corrected chi connectivity index (χ3v) is 2.24. The van der Waals surface area contributed by atoms with Crippen LogP contribution in [-0.2, 0) is 6.54 Å². The first-order valence-corrected chi connectivity index (χ1v) is 5.16. The predicted octanol–water partition coefficient (Wildman–Crippen LogP) is 0.989. The molecule has 1 amide bonds. The van der Waals surface area contributed by atoms with Crippen LogP contribution in [-0.4, -0.2) is 15.9 Å². The summed E-state index contributed by atoms with van der Waals surface area (Å²) in [5.74, 6) is -0.0210. The van der Waals surface area contributed by atoms with E-state index in [1.54, 1.807) is 24.5 Å². The molecular formula is C12H12N4O. The van der Waals surface area contributed by atoms with Crippen molar-refractivity contribution in [2.24, 2.45) is 0 Å². The van der Waals surface area contributed by atoms with Gasteiger partial charge in [-0.1, -0.05) is 6.07 Å². The standard InChI is InChI=1S/C12H12N4O/c13-11-10(5-3-7-15-11)12(17)16-8-9-4-1-2-6-14-9/h1-7H,8H2,(H2,13,15)(H,16,17). The third-order valence-electron chi connectivity index (χ3n) is 2.24. The molecule has 0 aromatic carbocycles. The van der Waals surface area contributed by atoms with Crippen molar-refractivity contribution >= 4 is 11.7 Å².